The second-order valence-corrected chi connectivity index (χ2v) is 5.32. The molecule has 0 aromatic heterocycles. The maximum absolute atomic E-state index is 12.1. The maximum Gasteiger partial charge on any atom is 0.234 e. The molecule has 5 nitrogen and oxygen atoms in total. The number of nitrogens with zero attached hydrogens (tertiary/aromatic N) is 1. The van der Waals surface area contributed by atoms with E-state index in [1.807, 2.05) is 38.1 Å². The summed E-state index contributed by atoms with van der Waals surface area (Å²) in [5.41, 5.74) is 1.09. The molecule has 1 aromatic rings. The van der Waals surface area contributed by atoms with Crippen molar-refractivity contribution in [3.8, 4) is 5.75 Å². The van der Waals surface area contributed by atoms with E-state index in [0.717, 1.165) is 37.5 Å². The first-order valence-corrected chi connectivity index (χ1v) is 7.64. The molecular weight excluding hydrogens is 266 g/mol. The molecule has 2 N–H and O–H groups in total. The number of ether oxygens (including phenoxy) is 1. The topological polar surface area (TPSA) is 53.6 Å². The Balaban J connectivity index is 1.82. The van der Waals surface area contributed by atoms with Gasteiger partial charge in [-0.2, -0.15) is 0 Å². The van der Waals surface area contributed by atoms with Crippen molar-refractivity contribution < 1.29 is 9.53 Å². The van der Waals surface area contributed by atoms with Gasteiger partial charge in [0.1, 0.15) is 5.75 Å². The molecule has 0 radical (unpaired) electrons. The predicted octanol–water partition coefficient (Wildman–Crippen LogP) is 1.17. The van der Waals surface area contributed by atoms with Crippen molar-refractivity contribution in [1.29, 1.82) is 0 Å². The average Bonchev–Trinajstić information content (AvgIpc) is 2.49. The van der Waals surface area contributed by atoms with Crippen molar-refractivity contribution in [2.75, 3.05) is 39.3 Å². The Morgan fingerprint density at radius 2 is 2.00 bits per heavy atom. The van der Waals surface area contributed by atoms with Crippen molar-refractivity contribution in [1.82, 2.24) is 15.5 Å². The molecule has 1 heterocycles. The lowest BCUT2D eigenvalue weighted by Gasteiger charge is -2.27. The Morgan fingerprint density at radius 3 is 2.62 bits per heavy atom. The fourth-order valence-electron chi connectivity index (χ4n) is 2.46. The van der Waals surface area contributed by atoms with Crippen LogP contribution >= 0.6 is 0 Å². The van der Waals surface area contributed by atoms with Crippen LogP contribution in [-0.4, -0.2) is 50.1 Å². The molecule has 0 spiro atoms. The summed E-state index contributed by atoms with van der Waals surface area (Å²) in [5, 5.41) is 6.34. The van der Waals surface area contributed by atoms with Gasteiger partial charge >= 0.3 is 0 Å². The number of nitrogens with one attached hydrogen (secondary N) is 2. The quantitative estimate of drug-likeness (QED) is 0.826. The molecule has 1 fully saturated rings. The average molecular weight is 291 g/mol. The van der Waals surface area contributed by atoms with Crippen LogP contribution in [0.3, 0.4) is 0 Å². The van der Waals surface area contributed by atoms with Crippen LogP contribution in [-0.2, 0) is 4.79 Å². The number of hydrogen-bond donors (Lipinski definition) is 2. The van der Waals surface area contributed by atoms with Gasteiger partial charge in [-0.3, -0.25) is 9.69 Å². The molecule has 1 aliphatic heterocycles. The predicted molar refractivity (Wildman–Crippen MR) is 83.5 cm³/mol. The summed E-state index contributed by atoms with van der Waals surface area (Å²) in [5.74, 6) is 0.943. The molecule has 1 atom stereocenters. The fraction of sp³-hybridized carbons (Fsp3) is 0.562. The van der Waals surface area contributed by atoms with E-state index in [9.17, 15) is 4.79 Å². The number of benzene rings is 1. The normalized spacial score (nSPS) is 17.2. The largest absolute Gasteiger partial charge is 0.494 e. The lowest BCUT2D eigenvalue weighted by Crippen LogP contribution is -2.47. The molecule has 5 heteroatoms. The summed E-state index contributed by atoms with van der Waals surface area (Å²) in [6, 6.07) is 7.90. The van der Waals surface area contributed by atoms with Crippen LogP contribution in [0.5, 0.6) is 5.75 Å². The summed E-state index contributed by atoms with van der Waals surface area (Å²) in [4.78, 5) is 14.2. The van der Waals surface area contributed by atoms with Gasteiger partial charge in [0.15, 0.2) is 0 Å². The standard InChI is InChI=1S/C16H25N3O2/c1-3-21-15-6-4-14(5-7-15)13(2)18-16(20)12-19-10-8-17-9-11-19/h4-7,13,17H,3,8-12H2,1-2H3,(H,18,20). The highest BCUT2D eigenvalue weighted by Crippen LogP contribution is 2.17. The Hall–Kier alpha value is -1.59. The molecule has 21 heavy (non-hydrogen) atoms. The van der Waals surface area contributed by atoms with Gasteiger partial charge in [0, 0.05) is 26.2 Å². The third kappa shape index (κ3) is 5.02. The van der Waals surface area contributed by atoms with Crippen molar-refractivity contribution in [3.05, 3.63) is 29.8 Å². The van der Waals surface area contributed by atoms with Crippen molar-refractivity contribution in [2.45, 2.75) is 19.9 Å². The van der Waals surface area contributed by atoms with Crippen molar-refractivity contribution in [3.63, 3.8) is 0 Å². The highest BCUT2D eigenvalue weighted by molar-refractivity contribution is 5.78. The minimum atomic E-state index is 0.0103. The molecule has 2 rings (SSSR count). The lowest BCUT2D eigenvalue weighted by molar-refractivity contribution is -0.123. The summed E-state index contributed by atoms with van der Waals surface area (Å²) in [6.45, 7) is 8.90. The minimum Gasteiger partial charge on any atom is -0.494 e. The van der Waals surface area contributed by atoms with E-state index in [1.54, 1.807) is 0 Å². The van der Waals surface area contributed by atoms with E-state index < -0.39 is 0 Å². The SMILES string of the molecule is CCOc1ccc(C(C)NC(=O)CN2CCNCC2)cc1. The van der Waals surface area contributed by atoms with Gasteiger partial charge in [-0.25, -0.2) is 0 Å². The highest BCUT2D eigenvalue weighted by atomic mass is 16.5. The second kappa shape index (κ2) is 8.00. The molecule has 116 valence electrons. The van der Waals surface area contributed by atoms with E-state index in [2.05, 4.69) is 15.5 Å². The van der Waals surface area contributed by atoms with Gasteiger partial charge in [0.25, 0.3) is 0 Å². The van der Waals surface area contributed by atoms with Crippen LogP contribution in [0, 0.1) is 0 Å². The molecular formula is C16H25N3O2. The zero-order valence-corrected chi connectivity index (χ0v) is 12.9. The van der Waals surface area contributed by atoms with Crippen molar-refractivity contribution in [2.24, 2.45) is 0 Å². The molecule has 1 amide bonds. The molecule has 0 bridgehead atoms. The highest BCUT2D eigenvalue weighted by Gasteiger charge is 2.15. The van der Waals surface area contributed by atoms with Gasteiger partial charge in [0.05, 0.1) is 19.2 Å². The van der Waals surface area contributed by atoms with Gasteiger partial charge in [-0.15, -0.1) is 0 Å². The first kappa shape index (κ1) is 15.8. The molecule has 1 saturated heterocycles. The Bertz CT molecular complexity index is 441. The molecule has 0 saturated carbocycles. The minimum absolute atomic E-state index is 0.0103. The van der Waals surface area contributed by atoms with E-state index in [4.69, 9.17) is 4.74 Å². The number of piperazine rings is 1. The molecule has 1 unspecified atom stereocenters. The fourth-order valence-corrected chi connectivity index (χ4v) is 2.46. The van der Waals surface area contributed by atoms with E-state index >= 15 is 0 Å². The third-order valence-corrected chi connectivity index (χ3v) is 3.65. The van der Waals surface area contributed by atoms with E-state index in [1.165, 1.54) is 0 Å². The van der Waals surface area contributed by atoms with Crippen LogP contribution in [0.4, 0.5) is 0 Å². The third-order valence-electron chi connectivity index (χ3n) is 3.65. The zero-order chi connectivity index (χ0) is 15.1. The van der Waals surface area contributed by atoms with Crippen LogP contribution in [0.1, 0.15) is 25.5 Å². The first-order chi connectivity index (χ1) is 10.2. The second-order valence-electron chi connectivity index (χ2n) is 5.32. The van der Waals surface area contributed by atoms with Crippen LogP contribution < -0.4 is 15.4 Å². The smallest absolute Gasteiger partial charge is 0.234 e. The summed E-state index contributed by atoms with van der Waals surface area (Å²) >= 11 is 0. The van der Waals surface area contributed by atoms with Crippen molar-refractivity contribution >= 4 is 5.91 Å². The monoisotopic (exact) mass is 291 g/mol. The van der Waals surface area contributed by atoms with Crippen LogP contribution in [0.2, 0.25) is 0 Å². The van der Waals surface area contributed by atoms with Gasteiger partial charge in [0.2, 0.25) is 5.91 Å². The number of hydrogen-bond acceptors (Lipinski definition) is 4. The Kier molecular flexibility index (Phi) is 6.02. The Labute approximate surface area is 126 Å². The lowest BCUT2D eigenvalue weighted by atomic mass is 10.1. The number of amides is 1. The molecule has 0 aliphatic carbocycles. The molecule has 1 aliphatic rings. The Morgan fingerprint density at radius 1 is 1.33 bits per heavy atom. The number of carbonyl (C=O) groups excluding carboxylic acids is 1. The summed E-state index contributed by atoms with van der Waals surface area (Å²) < 4.78 is 5.42. The maximum atomic E-state index is 12.1. The first-order valence-electron chi connectivity index (χ1n) is 7.64. The van der Waals surface area contributed by atoms with Crippen LogP contribution in [0.15, 0.2) is 24.3 Å². The number of carbonyl (C=O) groups is 1. The van der Waals surface area contributed by atoms with Gasteiger partial charge in [-0.1, -0.05) is 12.1 Å². The van der Waals surface area contributed by atoms with E-state index in [0.29, 0.717) is 13.2 Å². The van der Waals surface area contributed by atoms with Gasteiger partial charge < -0.3 is 15.4 Å². The summed E-state index contributed by atoms with van der Waals surface area (Å²) in [7, 11) is 0. The molecule has 1 aromatic carbocycles. The van der Waals surface area contributed by atoms with E-state index in [-0.39, 0.29) is 11.9 Å². The van der Waals surface area contributed by atoms with Gasteiger partial charge in [-0.05, 0) is 31.5 Å². The zero-order valence-electron chi connectivity index (χ0n) is 12.9. The summed E-state index contributed by atoms with van der Waals surface area (Å²) in [6.07, 6.45) is 0. The van der Waals surface area contributed by atoms with Crippen LogP contribution in [0.25, 0.3) is 0 Å². The number of rotatable bonds is 6.